The lowest BCUT2D eigenvalue weighted by atomic mass is 9.95. The molecule has 0 aliphatic heterocycles. The number of imidazole rings is 1. The van der Waals surface area contributed by atoms with Gasteiger partial charge in [0.05, 0.1) is 16.6 Å². The first-order chi connectivity index (χ1) is 11.8. The van der Waals surface area contributed by atoms with Gasteiger partial charge in [-0.25, -0.2) is 9.97 Å². The van der Waals surface area contributed by atoms with E-state index >= 15 is 0 Å². The van der Waals surface area contributed by atoms with Crippen LogP contribution in [0.2, 0.25) is 0 Å². The molecule has 2 heterocycles. The van der Waals surface area contributed by atoms with E-state index < -0.39 is 0 Å². The molecule has 2 radical (unpaired) electrons. The molecule has 0 atom stereocenters. The summed E-state index contributed by atoms with van der Waals surface area (Å²) in [5.41, 5.74) is 5.64. The molecule has 4 heteroatoms. The Morgan fingerprint density at radius 3 is 2.25 bits per heavy atom. The molecule has 24 heavy (non-hydrogen) atoms. The standard InChI is InChI=1S/C20H12BN3/c21-14-11-9-13(10-12-14)19-22-16-6-2-1-5-15(16)20-23-17-7-3-4-8-18(17)24(19)20/h1-12H. The normalized spacial score (nSPS) is 11.5. The van der Waals surface area contributed by atoms with Gasteiger partial charge in [-0.1, -0.05) is 54.0 Å². The van der Waals surface area contributed by atoms with Crippen molar-refractivity contribution in [1.82, 2.24) is 14.4 Å². The van der Waals surface area contributed by atoms with Crippen LogP contribution in [0.1, 0.15) is 0 Å². The number of fused-ring (bicyclic) bond motifs is 5. The van der Waals surface area contributed by atoms with Gasteiger partial charge in [0.25, 0.3) is 0 Å². The summed E-state index contributed by atoms with van der Waals surface area (Å²) in [6, 6.07) is 24.1. The Morgan fingerprint density at radius 1 is 0.708 bits per heavy atom. The molecule has 5 rings (SSSR count). The largest absolute Gasteiger partial charge is 0.276 e. The summed E-state index contributed by atoms with van der Waals surface area (Å²) in [7, 11) is 5.84. The minimum absolute atomic E-state index is 0.742. The molecule has 0 saturated heterocycles. The van der Waals surface area contributed by atoms with E-state index in [1.54, 1.807) is 0 Å². The fourth-order valence-corrected chi connectivity index (χ4v) is 3.17. The second-order valence-corrected chi connectivity index (χ2v) is 5.83. The highest BCUT2D eigenvalue weighted by Gasteiger charge is 2.14. The molecule has 110 valence electrons. The van der Waals surface area contributed by atoms with Gasteiger partial charge in [0.1, 0.15) is 19.3 Å². The van der Waals surface area contributed by atoms with Gasteiger partial charge in [-0.2, -0.15) is 0 Å². The lowest BCUT2D eigenvalue weighted by molar-refractivity contribution is 1.16. The van der Waals surface area contributed by atoms with Gasteiger partial charge in [-0.05, 0) is 24.3 Å². The van der Waals surface area contributed by atoms with Crippen LogP contribution in [0.3, 0.4) is 0 Å². The SMILES string of the molecule is [B]c1ccc(-c2nc3ccccc3c3nc4ccccc4n23)cc1. The first-order valence-corrected chi connectivity index (χ1v) is 7.83. The van der Waals surface area contributed by atoms with Crippen LogP contribution in [0.25, 0.3) is 39.0 Å². The molecule has 0 bridgehead atoms. The molecule has 0 saturated carbocycles. The maximum Gasteiger partial charge on any atom is 0.149 e. The average Bonchev–Trinajstić information content (AvgIpc) is 3.02. The summed E-state index contributed by atoms with van der Waals surface area (Å²) in [6.07, 6.45) is 0. The summed E-state index contributed by atoms with van der Waals surface area (Å²) in [6.45, 7) is 0. The van der Waals surface area contributed by atoms with Gasteiger partial charge in [-0.3, -0.25) is 4.40 Å². The Bertz CT molecular complexity index is 1210. The zero-order chi connectivity index (χ0) is 16.1. The second-order valence-electron chi connectivity index (χ2n) is 5.83. The fraction of sp³-hybridized carbons (Fsp3) is 0. The number of benzene rings is 3. The molecule has 0 unspecified atom stereocenters. The fourth-order valence-electron chi connectivity index (χ4n) is 3.17. The number of aromatic nitrogens is 3. The topological polar surface area (TPSA) is 30.2 Å². The molecular formula is C20H12BN3. The number of hydrogen-bond donors (Lipinski definition) is 0. The minimum Gasteiger partial charge on any atom is -0.276 e. The van der Waals surface area contributed by atoms with Crippen LogP contribution in [-0.2, 0) is 0 Å². The number of nitrogens with zero attached hydrogens (tertiary/aromatic N) is 3. The Kier molecular flexibility index (Phi) is 2.74. The quantitative estimate of drug-likeness (QED) is 0.444. The minimum atomic E-state index is 0.742. The van der Waals surface area contributed by atoms with Crippen LogP contribution in [-0.4, -0.2) is 22.2 Å². The van der Waals surface area contributed by atoms with Crippen molar-refractivity contribution in [1.29, 1.82) is 0 Å². The Labute approximate surface area is 140 Å². The lowest BCUT2D eigenvalue weighted by Crippen LogP contribution is -2.02. The third kappa shape index (κ3) is 1.86. The van der Waals surface area contributed by atoms with Crippen LogP contribution in [0, 0.1) is 0 Å². The molecule has 0 fully saturated rings. The highest BCUT2D eigenvalue weighted by Crippen LogP contribution is 2.28. The first kappa shape index (κ1) is 13.3. The summed E-state index contributed by atoms with van der Waals surface area (Å²) in [5.74, 6) is 0.873. The number of para-hydroxylation sites is 3. The highest BCUT2D eigenvalue weighted by atomic mass is 15.1. The van der Waals surface area contributed by atoms with Crippen LogP contribution in [0.5, 0.6) is 0 Å². The molecule has 0 spiro atoms. The molecule has 0 aliphatic rings. The van der Waals surface area contributed by atoms with E-state index in [0.29, 0.717) is 0 Å². The predicted octanol–water partition coefficient (Wildman–Crippen LogP) is 3.50. The van der Waals surface area contributed by atoms with E-state index in [1.165, 1.54) is 0 Å². The third-order valence-corrected chi connectivity index (χ3v) is 4.31. The number of hydrogen-bond acceptors (Lipinski definition) is 2. The van der Waals surface area contributed by atoms with E-state index in [9.17, 15) is 0 Å². The Hall–Kier alpha value is -3.14. The van der Waals surface area contributed by atoms with Crippen molar-refractivity contribution >= 4 is 40.9 Å². The number of rotatable bonds is 1. The summed E-state index contributed by atoms with van der Waals surface area (Å²) in [5, 5.41) is 1.05. The van der Waals surface area contributed by atoms with Crippen molar-refractivity contribution in [2.24, 2.45) is 0 Å². The maximum atomic E-state index is 5.84. The van der Waals surface area contributed by atoms with Crippen molar-refractivity contribution in [3.8, 4) is 11.4 Å². The van der Waals surface area contributed by atoms with Crippen LogP contribution in [0.15, 0.2) is 72.8 Å². The summed E-state index contributed by atoms with van der Waals surface area (Å²) in [4.78, 5) is 9.75. The van der Waals surface area contributed by atoms with E-state index in [0.717, 1.165) is 44.4 Å². The Morgan fingerprint density at radius 2 is 1.42 bits per heavy atom. The monoisotopic (exact) mass is 305 g/mol. The molecule has 0 N–H and O–H groups in total. The van der Waals surface area contributed by atoms with E-state index in [1.807, 2.05) is 60.7 Å². The predicted molar refractivity (Wildman–Crippen MR) is 98.8 cm³/mol. The van der Waals surface area contributed by atoms with Crippen LogP contribution < -0.4 is 5.46 Å². The smallest absolute Gasteiger partial charge is 0.149 e. The first-order valence-electron chi connectivity index (χ1n) is 7.83. The van der Waals surface area contributed by atoms with Gasteiger partial charge in [0.2, 0.25) is 0 Å². The maximum absolute atomic E-state index is 5.84. The van der Waals surface area contributed by atoms with Gasteiger partial charge >= 0.3 is 0 Å². The molecule has 3 nitrogen and oxygen atoms in total. The molecule has 0 aliphatic carbocycles. The average molecular weight is 305 g/mol. The summed E-state index contributed by atoms with van der Waals surface area (Å²) < 4.78 is 2.13. The van der Waals surface area contributed by atoms with Crippen molar-refractivity contribution in [3.63, 3.8) is 0 Å². The van der Waals surface area contributed by atoms with Crippen molar-refractivity contribution in [3.05, 3.63) is 72.8 Å². The molecule has 0 amide bonds. The zero-order valence-corrected chi connectivity index (χ0v) is 12.8. The van der Waals surface area contributed by atoms with Crippen molar-refractivity contribution < 1.29 is 0 Å². The van der Waals surface area contributed by atoms with Crippen LogP contribution in [0.4, 0.5) is 0 Å². The highest BCUT2D eigenvalue weighted by molar-refractivity contribution is 6.32. The lowest BCUT2D eigenvalue weighted by Gasteiger charge is -2.09. The van der Waals surface area contributed by atoms with Crippen LogP contribution >= 0.6 is 0 Å². The molecule has 3 aromatic carbocycles. The Balaban J connectivity index is 2.01. The van der Waals surface area contributed by atoms with Gasteiger partial charge in [0, 0.05) is 10.9 Å². The van der Waals surface area contributed by atoms with Gasteiger partial charge in [-0.15, -0.1) is 0 Å². The van der Waals surface area contributed by atoms with E-state index in [4.69, 9.17) is 17.8 Å². The molecule has 5 aromatic rings. The molecule has 2 aromatic heterocycles. The van der Waals surface area contributed by atoms with E-state index in [-0.39, 0.29) is 0 Å². The zero-order valence-electron chi connectivity index (χ0n) is 12.8. The van der Waals surface area contributed by atoms with Crippen molar-refractivity contribution in [2.75, 3.05) is 0 Å². The summed E-state index contributed by atoms with van der Waals surface area (Å²) >= 11 is 0. The second kappa shape index (κ2) is 4.93. The molecular weight excluding hydrogens is 293 g/mol. The van der Waals surface area contributed by atoms with Crippen molar-refractivity contribution in [2.45, 2.75) is 0 Å². The van der Waals surface area contributed by atoms with E-state index in [2.05, 4.69) is 16.5 Å². The van der Waals surface area contributed by atoms with Gasteiger partial charge in [0.15, 0.2) is 0 Å². The van der Waals surface area contributed by atoms with Gasteiger partial charge < -0.3 is 0 Å². The third-order valence-electron chi connectivity index (χ3n) is 4.31.